The number of carbonyl (C=O) groups excluding carboxylic acids is 2. The lowest BCUT2D eigenvalue weighted by molar-refractivity contribution is -0.153. The van der Waals surface area contributed by atoms with Gasteiger partial charge < -0.3 is 14.8 Å². The number of hydrogen-bond donors (Lipinski definition) is 1. The number of nitrogens with one attached hydrogen (secondary N) is 1. The Bertz CT molecular complexity index is 767. The summed E-state index contributed by atoms with van der Waals surface area (Å²) in [5.41, 5.74) is 2.84. The van der Waals surface area contributed by atoms with Crippen LogP contribution < -0.4 is 10.1 Å². The van der Waals surface area contributed by atoms with E-state index in [1.807, 2.05) is 32.0 Å². The molecule has 0 heterocycles. The number of hydrogen-bond acceptors (Lipinski definition) is 4. The van der Waals surface area contributed by atoms with Gasteiger partial charge in [0.2, 0.25) is 0 Å². The number of anilines is 1. The van der Waals surface area contributed by atoms with Gasteiger partial charge in [-0.1, -0.05) is 32.0 Å². The van der Waals surface area contributed by atoms with Crippen LogP contribution in [0.4, 0.5) is 10.1 Å². The van der Waals surface area contributed by atoms with E-state index in [0.717, 1.165) is 29.7 Å². The first-order chi connectivity index (χ1) is 12.9. The molecule has 2 rings (SSSR count). The maximum atomic E-state index is 12.9. The van der Waals surface area contributed by atoms with E-state index >= 15 is 0 Å². The number of benzene rings is 2. The molecule has 2 aromatic rings. The van der Waals surface area contributed by atoms with Gasteiger partial charge in [0.25, 0.3) is 5.91 Å². The molecule has 5 nitrogen and oxygen atoms in total. The van der Waals surface area contributed by atoms with Crippen LogP contribution >= 0.6 is 0 Å². The molecule has 0 aliphatic carbocycles. The summed E-state index contributed by atoms with van der Waals surface area (Å²) in [5.74, 6) is -1.13. The third kappa shape index (κ3) is 5.81. The Balaban J connectivity index is 1.89. The molecule has 0 saturated carbocycles. The van der Waals surface area contributed by atoms with Crippen LogP contribution in [0.1, 0.15) is 31.9 Å². The van der Waals surface area contributed by atoms with Crippen molar-refractivity contribution in [3.63, 3.8) is 0 Å². The van der Waals surface area contributed by atoms with Gasteiger partial charge in [0.1, 0.15) is 11.6 Å². The fraction of sp³-hybridized carbons (Fsp3) is 0.333. The molecule has 144 valence electrons. The van der Waals surface area contributed by atoms with Crippen LogP contribution in [-0.2, 0) is 27.2 Å². The normalized spacial score (nSPS) is 11.6. The third-order valence-electron chi connectivity index (χ3n) is 4.07. The fourth-order valence-electron chi connectivity index (χ4n) is 2.60. The predicted molar refractivity (Wildman–Crippen MR) is 101 cm³/mol. The molecule has 6 heteroatoms. The quantitative estimate of drug-likeness (QED) is 0.713. The van der Waals surface area contributed by atoms with Crippen LogP contribution in [0.25, 0.3) is 0 Å². The van der Waals surface area contributed by atoms with Crippen molar-refractivity contribution >= 4 is 17.6 Å². The Kier molecular flexibility index (Phi) is 7.34. The number of ether oxygens (including phenoxy) is 2. The number of halogens is 1. The number of aryl methyl sites for hydroxylation is 2. The van der Waals surface area contributed by atoms with E-state index < -0.39 is 30.4 Å². The number of carbonyl (C=O) groups is 2. The van der Waals surface area contributed by atoms with Gasteiger partial charge in [-0.3, -0.25) is 4.79 Å². The summed E-state index contributed by atoms with van der Waals surface area (Å²) >= 11 is 0. The molecule has 27 heavy (non-hydrogen) atoms. The molecule has 0 aromatic heterocycles. The first-order valence-corrected chi connectivity index (χ1v) is 8.94. The second-order valence-electron chi connectivity index (χ2n) is 6.03. The summed E-state index contributed by atoms with van der Waals surface area (Å²) in [7, 11) is 0. The number of esters is 1. The zero-order chi connectivity index (χ0) is 19.8. The summed E-state index contributed by atoms with van der Waals surface area (Å²) in [6.07, 6.45) is 0.648. The Morgan fingerprint density at radius 3 is 2.19 bits per heavy atom. The molecule has 2 aromatic carbocycles. The summed E-state index contributed by atoms with van der Waals surface area (Å²) < 4.78 is 23.3. The molecule has 0 aliphatic heterocycles. The first kappa shape index (κ1) is 20.4. The summed E-state index contributed by atoms with van der Waals surface area (Å²) in [4.78, 5) is 24.2. The number of para-hydroxylation sites is 1. The second kappa shape index (κ2) is 9.71. The van der Waals surface area contributed by atoms with Gasteiger partial charge in [0.15, 0.2) is 12.7 Å². The van der Waals surface area contributed by atoms with Gasteiger partial charge in [-0.2, -0.15) is 0 Å². The molecule has 1 atom stereocenters. The molecule has 0 fully saturated rings. The summed E-state index contributed by atoms with van der Waals surface area (Å²) in [6, 6.07) is 11.2. The van der Waals surface area contributed by atoms with Gasteiger partial charge in [0.05, 0.1) is 0 Å². The van der Waals surface area contributed by atoms with Gasteiger partial charge >= 0.3 is 5.97 Å². The molecule has 0 radical (unpaired) electrons. The predicted octanol–water partition coefficient (Wildman–Crippen LogP) is 3.90. The van der Waals surface area contributed by atoms with E-state index in [0.29, 0.717) is 5.75 Å². The molecular weight excluding hydrogens is 349 g/mol. The molecule has 0 aliphatic rings. The topological polar surface area (TPSA) is 64.6 Å². The highest BCUT2D eigenvalue weighted by Crippen LogP contribution is 2.22. The number of rotatable bonds is 8. The monoisotopic (exact) mass is 373 g/mol. The summed E-state index contributed by atoms with van der Waals surface area (Å²) in [5, 5.41) is 2.83. The van der Waals surface area contributed by atoms with Crippen molar-refractivity contribution in [2.24, 2.45) is 0 Å². The first-order valence-electron chi connectivity index (χ1n) is 8.94. The van der Waals surface area contributed by atoms with Crippen molar-refractivity contribution in [2.45, 2.75) is 39.7 Å². The van der Waals surface area contributed by atoms with E-state index in [-0.39, 0.29) is 0 Å². The maximum absolute atomic E-state index is 12.9. The lowest BCUT2D eigenvalue weighted by atomic mass is 10.0. The minimum atomic E-state index is -0.919. The van der Waals surface area contributed by atoms with Crippen LogP contribution in [0.3, 0.4) is 0 Å². The Morgan fingerprint density at radius 2 is 1.63 bits per heavy atom. The van der Waals surface area contributed by atoms with Crippen LogP contribution in [-0.4, -0.2) is 24.6 Å². The fourth-order valence-corrected chi connectivity index (χ4v) is 2.60. The van der Waals surface area contributed by atoms with Gasteiger partial charge in [-0.05, 0) is 55.2 Å². The number of amides is 1. The van der Waals surface area contributed by atoms with Crippen molar-refractivity contribution in [2.75, 3.05) is 11.9 Å². The lowest BCUT2D eigenvalue weighted by Crippen LogP contribution is -2.30. The average molecular weight is 373 g/mol. The van der Waals surface area contributed by atoms with Crippen LogP contribution in [0.5, 0.6) is 5.75 Å². The smallest absolute Gasteiger partial charge is 0.347 e. The minimum absolute atomic E-state index is 0.342. The van der Waals surface area contributed by atoms with Gasteiger partial charge in [0, 0.05) is 5.69 Å². The Morgan fingerprint density at radius 1 is 1.04 bits per heavy atom. The molecule has 0 saturated heterocycles. The molecular formula is C21H24FNO4. The maximum Gasteiger partial charge on any atom is 0.347 e. The Labute approximate surface area is 158 Å². The molecule has 0 unspecified atom stereocenters. The third-order valence-corrected chi connectivity index (χ3v) is 4.07. The van der Waals surface area contributed by atoms with Crippen molar-refractivity contribution in [1.29, 1.82) is 0 Å². The average Bonchev–Trinajstić information content (AvgIpc) is 2.67. The van der Waals surface area contributed by atoms with Crippen molar-refractivity contribution < 1.29 is 23.5 Å². The largest absolute Gasteiger partial charge is 0.479 e. The van der Waals surface area contributed by atoms with E-state index in [1.165, 1.54) is 31.2 Å². The highest BCUT2D eigenvalue weighted by Gasteiger charge is 2.18. The van der Waals surface area contributed by atoms with Crippen molar-refractivity contribution in [3.05, 3.63) is 59.4 Å². The second-order valence-corrected chi connectivity index (χ2v) is 6.03. The molecule has 1 amide bonds. The van der Waals surface area contributed by atoms with Gasteiger partial charge in [-0.15, -0.1) is 0 Å². The zero-order valence-corrected chi connectivity index (χ0v) is 15.8. The van der Waals surface area contributed by atoms with Crippen LogP contribution in [0, 0.1) is 5.82 Å². The summed E-state index contributed by atoms with van der Waals surface area (Å²) in [6.45, 7) is 5.13. The standard InChI is InChI=1S/C21H24FNO4/c1-4-15-7-6-8-16(5-2)20(15)23-19(24)13-26-21(25)14(3)27-18-11-9-17(22)10-12-18/h6-12,14H,4-5,13H2,1-3H3,(H,23,24)/t14-/m0/s1. The Hall–Kier alpha value is -2.89. The van der Waals surface area contributed by atoms with E-state index in [9.17, 15) is 14.0 Å². The molecule has 0 spiro atoms. The SMILES string of the molecule is CCc1cccc(CC)c1NC(=O)COC(=O)[C@H](C)Oc1ccc(F)cc1. The minimum Gasteiger partial charge on any atom is -0.479 e. The van der Waals surface area contributed by atoms with Crippen molar-refractivity contribution in [3.8, 4) is 5.75 Å². The van der Waals surface area contributed by atoms with E-state index in [1.54, 1.807) is 0 Å². The van der Waals surface area contributed by atoms with Crippen LogP contribution in [0.2, 0.25) is 0 Å². The van der Waals surface area contributed by atoms with E-state index in [2.05, 4.69) is 5.32 Å². The van der Waals surface area contributed by atoms with Gasteiger partial charge in [-0.25, -0.2) is 9.18 Å². The molecule has 0 bridgehead atoms. The van der Waals surface area contributed by atoms with Crippen molar-refractivity contribution in [1.82, 2.24) is 0 Å². The lowest BCUT2D eigenvalue weighted by Gasteiger charge is -2.16. The zero-order valence-electron chi connectivity index (χ0n) is 15.8. The highest BCUT2D eigenvalue weighted by atomic mass is 19.1. The highest BCUT2D eigenvalue weighted by molar-refractivity contribution is 5.94. The van der Waals surface area contributed by atoms with E-state index in [4.69, 9.17) is 9.47 Å². The van der Waals surface area contributed by atoms with Crippen LogP contribution in [0.15, 0.2) is 42.5 Å². The molecule has 1 N–H and O–H groups in total.